The number of ether oxygens (including phenoxy) is 3. The highest BCUT2D eigenvalue weighted by molar-refractivity contribution is 5.76. The van der Waals surface area contributed by atoms with Crippen molar-refractivity contribution in [3.05, 3.63) is 0 Å². The van der Waals surface area contributed by atoms with Crippen LogP contribution in [0.15, 0.2) is 0 Å². The van der Waals surface area contributed by atoms with Gasteiger partial charge >= 0.3 is 0 Å². The molecule has 160 valence electrons. The summed E-state index contributed by atoms with van der Waals surface area (Å²) in [5.74, 6) is 0.642. The molecule has 4 rings (SSSR count). The Morgan fingerprint density at radius 1 is 1.18 bits per heavy atom. The average molecular weight is 396 g/mol. The van der Waals surface area contributed by atoms with Gasteiger partial charge in [-0.15, -0.1) is 0 Å². The number of hydrogen-bond acceptors (Lipinski definition) is 5. The second-order valence-corrected chi connectivity index (χ2v) is 9.97. The molecular formula is C22H37NO5. The van der Waals surface area contributed by atoms with E-state index >= 15 is 0 Å². The minimum atomic E-state index is -0.389. The summed E-state index contributed by atoms with van der Waals surface area (Å²) in [5, 5.41) is 10.9. The first-order valence-corrected chi connectivity index (χ1v) is 11.1. The zero-order chi connectivity index (χ0) is 19.9. The molecule has 1 amide bonds. The molecule has 0 spiro atoms. The van der Waals surface area contributed by atoms with Crippen LogP contribution in [0.2, 0.25) is 0 Å². The summed E-state index contributed by atoms with van der Waals surface area (Å²) in [6, 6.07) is 0. The Bertz CT molecular complexity index is 579. The number of methoxy groups -OCH3 is 1. The summed E-state index contributed by atoms with van der Waals surface area (Å²) in [6.07, 6.45) is 5.86. The molecule has 0 aromatic rings. The molecule has 6 heteroatoms. The molecule has 7 unspecified atom stereocenters. The first-order valence-electron chi connectivity index (χ1n) is 11.1. The molecule has 2 aliphatic carbocycles. The Hall–Kier alpha value is -0.690. The fraction of sp³-hybridized carbons (Fsp3) is 0.955. The number of aliphatic hydroxyl groups is 1. The van der Waals surface area contributed by atoms with Gasteiger partial charge in [0.05, 0.1) is 25.4 Å². The van der Waals surface area contributed by atoms with Gasteiger partial charge in [-0.25, -0.2) is 0 Å². The van der Waals surface area contributed by atoms with Gasteiger partial charge in [0, 0.05) is 32.0 Å². The standard InChI is InChI=1S/C22H37NO5/c1-21-9-8-18-22(2,14-27-20(28-18)13-26-3)17(21)7-6-16(24)15(21)12-19(25)23-10-4-5-11-23/h15-18,20,24H,4-14H2,1-3H3. The van der Waals surface area contributed by atoms with Crippen LogP contribution < -0.4 is 0 Å². The van der Waals surface area contributed by atoms with Gasteiger partial charge in [0.1, 0.15) is 0 Å². The normalized spacial score (nSPS) is 46.1. The zero-order valence-electron chi connectivity index (χ0n) is 17.7. The lowest BCUT2D eigenvalue weighted by molar-refractivity contribution is -0.316. The Morgan fingerprint density at radius 3 is 2.64 bits per heavy atom. The van der Waals surface area contributed by atoms with E-state index in [1.165, 1.54) is 0 Å². The third-order valence-corrected chi connectivity index (χ3v) is 8.39. The Kier molecular flexibility index (Phi) is 5.78. The predicted octanol–water partition coefficient (Wildman–Crippen LogP) is 2.58. The van der Waals surface area contributed by atoms with Crippen molar-refractivity contribution in [2.75, 3.05) is 33.4 Å². The Morgan fingerprint density at radius 2 is 1.93 bits per heavy atom. The minimum absolute atomic E-state index is 0.0221. The molecule has 2 saturated heterocycles. The molecule has 7 atom stereocenters. The quantitative estimate of drug-likeness (QED) is 0.792. The third kappa shape index (κ3) is 3.40. The van der Waals surface area contributed by atoms with Crippen LogP contribution in [0, 0.1) is 22.7 Å². The molecule has 0 bridgehead atoms. The van der Waals surface area contributed by atoms with Gasteiger partial charge in [-0.1, -0.05) is 13.8 Å². The topological polar surface area (TPSA) is 68.2 Å². The third-order valence-electron chi connectivity index (χ3n) is 8.39. The summed E-state index contributed by atoms with van der Waals surface area (Å²) in [6.45, 7) is 7.48. The molecule has 28 heavy (non-hydrogen) atoms. The molecular weight excluding hydrogens is 358 g/mol. The van der Waals surface area contributed by atoms with E-state index in [1.54, 1.807) is 7.11 Å². The first-order chi connectivity index (χ1) is 13.4. The van der Waals surface area contributed by atoms with Crippen molar-refractivity contribution in [1.29, 1.82) is 0 Å². The van der Waals surface area contributed by atoms with Crippen molar-refractivity contribution in [3.63, 3.8) is 0 Å². The van der Waals surface area contributed by atoms with Crippen molar-refractivity contribution in [1.82, 2.24) is 4.90 Å². The van der Waals surface area contributed by atoms with Gasteiger partial charge in [0.15, 0.2) is 6.29 Å². The maximum atomic E-state index is 12.9. The Labute approximate surface area is 168 Å². The molecule has 4 fully saturated rings. The number of amides is 1. The van der Waals surface area contributed by atoms with E-state index < -0.39 is 0 Å². The molecule has 0 radical (unpaired) electrons. The van der Waals surface area contributed by atoms with Crippen LogP contribution in [0.25, 0.3) is 0 Å². The van der Waals surface area contributed by atoms with Crippen LogP contribution in [0.1, 0.15) is 58.8 Å². The number of nitrogens with zero attached hydrogens (tertiary/aromatic N) is 1. The number of aliphatic hydroxyl groups excluding tert-OH is 1. The monoisotopic (exact) mass is 395 g/mol. The maximum absolute atomic E-state index is 12.9. The van der Waals surface area contributed by atoms with Gasteiger partial charge in [-0.05, 0) is 55.8 Å². The molecule has 2 heterocycles. The predicted molar refractivity (Wildman–Crippen MR) is 105 cm³/mol. The van der Waals surface area contributed by atoms with Gasteiger partial charge in [0.25, 0.3) is 0 Å². The van der Waals surface area contributed by atoms with Gasteiger partial charge < -0.3 is 24.2 Å². The second kappa shape index (κ2) is 7.86. The average Bonchev–Trinajstić information content (AvgIpc) is 3.20. The zero-order valence-corrected chi connectivity index (χ0v) is 17.7. The van der Waals surface area contributed by atoms with Crippen molar-refractivity contribution in [3.8, 4) is 0 Å². The fourth-order valence-corrected chi connectivity index (χ4v) is 6.79. The van der Waals surface area contributed by atoms with E-state index in [9.17, 15) is 9.90 Å². The van der Waals surface area contributed by atoms with Crippen molar-refractivity contribution in [2.24, 2.45) is 22.7 Å². The van der Waals surface area contributed by atoms with Crippen LogP contribution in [0.3, 0.4) is 0 Å². The summed E-state index contributed by atoms with van der Waals surface area (Å²) >= 11 is 0. The number of carbonyl (C=O) groups excluding carboxylic acids is 1. The highest BCUT2D eigenvalue weighted by atomic mass is 16.7. The number of fused-ring (bicyclic) bond motifs is 3. The van der Waals surface area contributed by atoms with E-state index in [4.69, 9.17) is 14.2 Å². The lowest BCUT2D eigenvalue weighted by Gasteiger charge is -2.63. The highest BCUT2D eigenvalue weighted by Gasteiger charge is 2.61. The van der Waals surface area contributed by atoms with Gasteiger partial charge in [-0.3, -0.25) is 4.79 Å². The molecule has 0 aromatic carbocycles. The second-order valence-electron chi connectivity index (χ2n) is 9.97. The van der Waals surface area contributed by atoms with Gasteiger partial charge in [-0.2, -0.15) is 0 Å². The molecule has 6 nitrogen and oxygen atoms in total. The smallest absolute Gasteiger partial charge is 0.222 e. The summed E-state index contributed by atoms with van der Waals surface area (Å²) < 4.78 is 17.5. The van der Waals surface area contributed by atoms with Crippen LogP contribution in [-0.2, 0) is 19.0 Å². The lowest BCUT2D eigenvalue weighted by Crippen LogP contribution is -2.63. The van der Waals surface area contributed by atoms with Crippen molar-refractivity contribution >= 4 is 5.91 Å². The minimum Gasteiger partial charge on any atom is -0.393 e. The molecule has 1 N–H and O–H groups in total. The van der Waals surface area contributed by atoms with E-state index in [-0.39, 0.29) is 41.2 Å². The summed E-state index contributed by atoms with van der Waals surface area (Å²) in [7, 11) is 1.67. The fourth-order valence-electron chi connectivity index (χ4n) is 6.79. The van der Waals surface area contributed by atoms with Crippen LogP contribution >= 0.6 is 0 Å². The highest BCUT2D eigenvalue weighted by Crippen LogP contribution is 2.62. The number of rotatable bonds is 4. The molecule has 2 aliphatic heterocycles. The number of carbonyl (C=O) groups is 1. The summed E-state index contributed by atoms with van der Waals surface area (Å²) in [5.41, 5.74) is -0.133. The van der Waals surface area contributed by atoms with Crippen LogP contribution in [-0.4, -0.2) is 67.8 Å². The van der Waals surface area contributed by atoms with E-state index in [0.29, 0.717) is 25.6 Å². The first kappa shape index (κ1) is 20.6. The summed E-state index contributed by atoms with van der Waals surface area (Å²) in [4.78, 5) is 14.9. The molecule has 4 aliphatic rings. The largest absolute Gasteiger partial charge is 0.393 e. The van der Waals surface area contributed by atoms with Crippen LogP contribution in [0.4, 0.5) is 0 Å². The number of likely N-dealkylation sites (tertiary alicyclic amines) is 1. The van der Waals surface area contributed by atoms with Gasteiger partial charge in [0.2, 0.25) is 5.91 Å². The molecule has 2 saturated carbocycles. The van der Waals surface area contributed by atoms with Crippen molar-refractivity contribution in [2.45, 2.75) is 77.3 Å². The van der Waals surface area contributed by atoms with Crippen LogP contribution in [0.5, 0.6) is 0 Å². The molecule has 0 aromatic heterocycles. The van der Waals surface area contributed by atoms with E-state index in [1.807, 2.05) is 4.90 Å². The van der Waals surface area contributed by atoms with Crippen molar-refractivity contribution < 1.29 is 24.1 Å². The Balaban J connectivity index is 1.53. The van der Waals surface area contributed by atoms with E-state index in [0.717, 1.165) is 51.6 Å². The number of hydrogen-bond donors (Lipinski definition) is 1. The SMILES string of the molecule is COCC1OCC2(C)C(CCC3(C)C(CC(=O)N4CCCC4)C(O)CCC23)O1. The lowest BCUT2D eigenvalue weighted by atomic mass is 9.46. The maximum Gasteiger partial charge on any atom is 0.222 e. The van der Waals surface area contributed by atoms with E-state index in [2.05, 4.69) is 13.8 Å².